The largest absolute Gasteiger partial charge is 0.503 e. The van der Waals surface area contributed by atoms with Crippen LogP contribution in [0.3, 0.4) is 0 Å². The van der Waals surface area contributed by atoms with Gasteiger partial charge in [0.25, 0.3) is 15.9 Å². The maximum Gasteiger partial charge on any atom is 0.265 e. The number of methoxy groups -OCH3 is 5. The number of phenols is 1. The van der Waals surface area contributed by atoms with E-state index in [1.54, 1.807) is 12.1 Å². The number of hydrogen-bond acceptors (Lipinski definition) is 10. The number of nitrogens with zero attached hydrogens (tertiary/aromatic N) is 2. The molecule has 0 aliphatic carbocycles. The van der Waals surface area contributed by atoms with E-state index >= 15 is 0 Å². The Morgan fingerprint density at radius 3 is 2.17 bits per heavy atom. The number of amides is 1. The molecule has 0 spiro atoms. The number of benzene rings is 3. The molecule has 3 rings (SSSR count). The van der Waals surface area contributed by atoms with Crippen molar-refractivity contribution in [3.8, 4) is 34.5 Å². The Hall–Kier alpha value is -4.17. The first kappa shape index (κ1) is 30.4. The number of aromatic hydroxyl groups is 1. The smallest absolute Gasteiger partial charge is 0.265 e. The maximum absolute atomic E-state index is 13.9. The summed E-state index contributed by atoms with van der Waals surface area (Å²) in [5.41, 5.74) is 2.87. The molecule has 0 radical (unpaired) electrons. The van der Waals surface area contributed by atoms with Crippen molar-refractivity contribution in [2.45, 2.75) is 4.90 Å². The van der Waals surface area contributed by atoms with Crippen LogP contribution in [0, 0.1) is 0 Å². The van der Waals surface area contributed by atoms with Gasteiger partial charge >= 0.3 is 0 Å². The summed E-state index contributed by atoms with van der Waals surface area (Å²) in [5, 5.41) is 13.9. The molecule has 3 aromatic rings. The fourth-order valence-electron chi connectivity index (χ4n) is 3.56. The number of hydrazone groups is 1. The summed E-state index contributed by atoms with van der Waals surface area (Å²) in [6, 6.07) is 11.7. The molecule has 0 saturated heterocycles. The molecule has 0 unspecified atom stereocenters. The molecule has 214 valence electrons. The van der Waals surface area contributed by atoms with Gasteiger partial charge in [0.05, 0.1) is 56.8 Å². The van der Waals surface area contributed by atoms with Crippen molar-refractivity contribution < 1.29 is 42.0 Å². The summed E-state index contributed by atoms with van der Waals surface area (Å²) in [6.45, 7) is -0.667. The highest BCUT2D eigenvalue weighted by Gasteiger charge is 2.31. The number of carbonyl (C=O) groups excluding carboxylic acids is 1. The molecule has 2 N–H and O–H groups in total. The second-order valence-corrected chi connectivity index (χ2v) is 10.6. The molecule has 14 heteroatoms. The van der Waals surface area contributed by atoms with Crippen LogP contribution >= 0.6 is 15.9 Å². The summed E-state index contributed by atoms with van der Waals surface area (Å²) >= 11 is 3.21. The summed E-state index contributed by atoms with van der Waals surface area (Å²) in [5.74, 6) is 0.388. The lowest BCUT2D eigenvalue weighted by atomic mass is 10.2. The Labute approximate surface area is 240 Å². The zero-order valence-corrected chi connectivity index (χ0v) is 24.7. The zero-order chi connectivity index (χ0) is 29.4. The first-order valence-corrected chi connectivity index (χ1v) is 13.7. The average Bonchev–Trinajstić information content (AvgIpc) is 2.96. The Morgan fingerprint density at radius 1 is 0.900 bits per heavy atom. The lowest BCUT2D eigenvalue weighted by molar-refractivity contribution is -0.119. The number of rotatable bonds is 12. The number of halogens is 1. The van der Waals surface area contributed by atoms with Crippen LogP contribution in [-0.4, -0.2) is 67.7 Å². The standard InChI is InChI=1S/C26H28BrN3O9S/c1-35-17-6-8-21(36-2)20(12-17)30(40(33,34)18-7-9-22(37-3)23(13-18)38-4)15-25(31)29-28-14-16-10-19(27)26(32)24(11-16)39-5/h6-14,32H,15H2,1-5H3,(H,29,31)/b28-14-. The zero-order valence-electron chi connectivity index (χ0n) is 22.3. The van der Waals surface area contributed by atoms with Gasteiger partial charge in [0, 0.05) is 12.1 Å². The van der Waals surface area contributed by atoms with Gasteiger partial charge in [0.15, 0.2) is 23.0 Å². The second kappa shape index (κ2) is 13.3. The number of phenolic OH excluding ortho intramolecular Hbond substituents is 1. The maximum atomic E-state index is 13.9. The molecule has 3 aromatic carbocycles. The summed E-state index contributed by atoms with van der Waals surface area (Å²) in [4.78, 5) is 12.8. The molecule has 0 bridgehead atoms. The minimum absolute atomic E-state index is 0.0583. The third-order valence-electron chi connectivity index (χ3n) is 5.56. The van der Waals surface area contributed by atoms with Crippen molar-refractivity contribution in [3.05, 3.63) is 58.6 Å². The first-order valence-electron chi connectivity index (χ1n) is 11.4. The van der Waals surface area contributed by atoms with Gasteiger partial charge in [-0.2, -0.15) is 5.10 Å². The van der Waals surface area contributed by atoms with E-state index in [4.69, 9.17) is 23.7 Å². The fraction of sp³-hybridized carbons (Fsp3) is 0.231. The van der Waals surface area contributed by atoms with E-state index in [0.717, 1.165) is 4.31 Å². The molecular formula is C26H28BrN3O9S. The molecule has 1 amide bonds. The molecule has 0 aliphatic rings. The molecule has 0 fully saturated rings. The van der Waals surface area contributed by atoms with Crippen LogP contribution in [0.2, 0.25) is 0 Å². The van der Waals surface area contributed by atoms with Crippen LogP contribution in [0.4, 0.5) is 5.69 Å². The van der Waals surface area contributed by atoms with E-state index in [1.165, 1.54) is 78.2 Å². The van der Waals surface area contributed by atoms with Crippen LogP contribution in [0.5, 0.6) is 34.5 Å². The fourth-order valence-corrected chi connectivity index (χ4v) is 5.46. The van der Waals surface area contributed by atoms with E-state index in [-0.39, 0.29) is 33.6 Å². The van der Waals surface area contributed by atoms with Crippen molar-refractivity contribution >= 4 is 43.8 Å². The quantitative estimate of drug-likeness (QED) is 0.225. The predicted molar refractivity (Wildman–Crippen MR) is 152 cm³/mol. The van der Waals surface area contributed by atoms with Gasteiger partial charge in [-0.3, -0.25) is 9.10 Å². The average molecular weight is 638 g/mol. The number of ether oxygens (including phenoxy) is 5. The summed E-state index contributed by atoms with van der Waals surface area (Å²) < 4.78 is 55.3. The highest BCUT2D eigenvalue weighted by atomic mass is 79.9. The lowest BCUT2D eigenvalue weighted by Crippen LogP contribution is -2.39. The van der Waals surface area contributed by atoms with E-state index in [1.807, 2.05) is 0 Å². The molecule has 0 aromatic heterocycles. The molecule has 0 heterocycles. The molecule has 0 saturated carbocycles. The van der Waals surface area contributed by atoms with E-state index in [9.17, 15) is 18.3 Å². The van der Waals surface area contributed by atoms with Crippen molar-refractivity contribution in [2.24, 2.45) is 5.10 Å². The van der Waals surface area contributed by atoms with Gasteiger partial charge in [-0.15, -0.1) is 0 Å². The molecule has 0 atom stereocenters. The molecule has 12 nitrogen and oxygen atoms in total. The normalized spacial score (nSPS) is 11.2. The van der Waals surface area contributed by atoms with E-state index in [0.29, 0.717) is 21.5 Å². The molecular weight excluding hydrogens is 610 g/mol. The van der Waals surface area contributed by atoms with Gasteiger partial charge in [0.2, 0.25) is 0 Å². The van der Waals surface area contributed by atoms with Crippen LogP contribution in [-0.2, 0) is 14.8 Å². The van der Waals surface area contributed by atoms with E-state index in [2.05, 4.69) is 26.5 Å². The topological polar surface area (TPSA) is 145 Å². The lowest BCUT2D eigenvalue weighted by Gasteiger charge is -2.26. The Morgan fingerprint density at radius 2 is 1.55 bits per heavy atom. The van der Waals surface area contributed by atoms with Crippen LogP contribution in [0.15, 0.2) is 63.0 Å². The number of anilines is 1. The van der Waals surface area contributed by atoms with Gasteiger partial charge in [-0.1, -0.05) is 0 Å². The SMILES string of the molecule is COc1ccc(OC)c(N(CC(=O)N/N=C\c2cc(Br)c(O)c(OC)c2)S(=O)(=O)c2ccc(OC)c(OC)c2)c1. The van der Waals surface area contributed by atoms with E-state index < -0.39 is 22.5 Å². The number of hydrogen-bond donors (Lipinski definition) is 2. The Kier molecular flexibility index (Phi) is 10.1. The third kappa shape index (κ3) is 6.69. The number of nitrogens with one attached hydrogen (secondary N) is 1. The van der Waals surface area contributed by atoms with Gasteiger partial charge in [-0.05, 0) is 57.9 Å². The van der Waals surface area contributed by atoms with Crippen LogP contribution < -0.4 is 33.4 Å². The predicted octanol–water partition coefficient (Wildman–Crippen LogP) is 3.54. The van der Waals surface area contributed by atoms with Crippen LogP contribution in [0.25, 0.3) is 0 Å². The minimum Gasteiger partial charge on any atom is -0.503 e. The van der Waals surface area contributed by atoms with Crippen molar-refractivity contribution in [2.75, 3.05) is 46.4 Å². The van der Waals surface area contributed by atoms with Crippen LogP contribution in [0.1, 0.15) is 5.56 Å². The number of sulfonamides is 1. The van der Waals surface area contributed by atoms with Crippen molar-refractivity contribution in [3.63, 3.8) is 0 Å². The van der Waals surface area contributed by atoms with Crippen molar-refractivity contribution in [1.29, 1.82) is 0 Å². The first-order chi connectivity index (χ1) is 19.1. The minimum atomic E-state index is -4.36. The highest BCUT2D eigenvalue weighted by molar-refractivity contribution is 9.10. The van der Waals surface area contributed by atoms with Crippen molar-refractivity contribution in [1.82, 2.24) is 5.43 Å². The Bertz CT molecular complexity index is 1510. The number of carbonyl (C=O) groups is 1. The molecule has 0 aliphatic heterocycles. The third-order valence-corrected chi connectivity index (χ3v) is 7.92. The summed E-state index contributed by atoms with van der Waals surface area (Å²) in [7, 11) is 2.64. The highest BCUT2D eigenvalue weighted by Crippen LogP contribution is 2.38. The second-order valence-electron chi connectivity index (χ2n) is 7.91. The molecule has 40 heavy (non-hydrogen) atoms. The monoisotopic (exact) mass is 637 g/mol. The Balaban J connectivity index is 1.99. The van der Waals surface area contributed by atoms with Gasteiger partial charge in [0.1, 0.15) is 18.0 Å². The van der Waals surface area contributed by atoms with Gasteiger partial charge < -0.3 is 28.8 Å². The summed E-state index contributed by atoms with van der Waals surface area (Å²) in [6.07, 6.45) is 1.31. The van der Waals surface area contributed by atoms with Gasteiger partial charge in [-0.25, -0.2) is 13.8 Å².